The fraction of sp³-hybridized carbons (Fsp3) is 0.600. The molecule has 8 nitrogen and oxygen atoms in total. The summed E-state index contributed by atoms with van der Waals surface area (Å²) in [4.78, 5) is 45.3. The van der Waals surface area contributed by atoms with Crippen molar-refractivity contribution >= 4 is 23.4 Å². The Morgan fingerprint density at radius 1 is 0.833 bits per heavy atom. The van der Waals surface area contributed by atoms with Crippen LogP contribution in [0.4, 0.5) is 0 Å². The zero-order valence-corrected chi connectivity index (χ0v) is 10.1. The topological polar surface area (TPSA) is 150 Å². The van der Waals surface area contributed by atoms with Crippen LogP contribution in [0.25, 0.3) is 0 Å². The molecule has 0 unspecified atom stereocenters. The van der Waals surface area contributed by atoms with Crippen molar-refractivity contribution in [2.45, 2.75) is 12.8 Å². The fourth-order valence-electron chi connectivity index (χ4n) is 1.40. The van der Waals surface area contributed by atoms with Gasteiger partial charge in [-0.25, -0.2) is 0 Å². The second-order valence-electron chi connectivity index (χ2n) is 3.86. The van der Waals surface area contributed by atoms with Crippen LogP contribution in [0.15, 0.2) is 0 Å². The quantitative estimate of drug-likeness (QED) is 0.358. The molecule has 6 N–H and O–H groups in total. The molecule has 0 aromatic carbocycles. The number of carbonyl (C=O) groups excluding carboxylic acids is 4. The van der Waals surface area contributed by atoms with Crippen molar-refractivity contribution in [2.75, 3.05) is 26.2 Å². The number of hydrogen-bond acceptors (Lipinski definition) is 6. The van der Waals surface area contributed by atoms with Crippen LogP contribution in [-0.4, -0.2) is 54.5 Å². The molecule has 2 amide bonds. The van der Waals surface area contributed by atoms with Crippen molar-refractivity contribution in [3.63, 3.8) is 0 Å². The minimum Gasteiger partial charge on any atom is -0.369 e. The van der Waals surface area contributed by atoms with E-state index in [0.717, 1.165) is 0 Å². The second kappa shape index (κ2) is 8.31. The van der Waals surface area contributed by atoms with Gasteiger partial charge in [0, 0.05) is 13.1 Å². The van der Waals surface area contributed by atoms with Gasteiger partial charge in [-0.2, -0.15) is 0 Å². The third-order valence-electron chi connectivity index (χ3n) is 1.99. The molecule has 0 aliphatic heterocycles. The minimum atomic E-state index is -0.726. The Morgan fingerprint density at radius 2 is 1.22 bits per heavy atom. The van der Waals surface area contributed by atoms with Crippen LogP contribution in [0.2, 0.25) is 0 Å². The van der Waals surface area contributed by atoms with Crippen molar-refractivity contribution in [1.82, 2.24) is 4.90 Å². The number of ketones is 2. The molecule has 0 saturated heterocycles. The van der Waals surface area contributed by atoms with Crippen molar-refractivity contribution in [1.29, 1.82) is 0 Å². The maximum atomic E-state index is 11.4. The molecule has 0 atom stereocenters. The second-order valence-corrected chi connectivity index (χ2v) is 3.86. The van der Waals surface area contributed by atoms with Gasteiger partial charge in [-0.05, 0) is 0 Å². The monoisotopic (exact) mass is 258 g/mol. The highest BCUT2D eigenvalue weighted by atomic mass is 16.2. The molecule has 18 heavy (non-hydrogen) atoms. The van der Waals surface area contributed by atoms with E-state index in [0.29, 0.717) is 6.54 Å². The van der Waals surface area contributed by atoms with Crippen molar-refractivity contribution in [3.8, 4) is 0 Å². The number of carbonyl (C=O) groups is 4. The Labute approximate surface area is 104 Å². The summed E-state index contributed by atoms with van der Waals surface area (Å²) >= 11 is 0. The molecule has 0 aliphatic carbocycles. The van der Waals surface area contributed by atoms with E-state index in [1.165, 1.54) is 4.90 Å². The third-order valence-corrected chi connectivity index (χ3v) is 1.99. The van der Waals surface area contributed by atoms with Gasteiger partial charge < -0.3 is 17.2 Å². The third kappa shape index (κ3) is 8.36. The normalized spacial score (nSPS) is 10.3. The van der Waals surface area contributed by atoms with E-state index in [4.69, 9.17) is 17.2 Å². The lowest BCUT2D eigenvalue weighted by molar-refractivity contribution is -0.127. The number of amides is 2. The molecule has 0 aliphatic rings. The van der Waals surface area contributed by atoms with E-state index in [2.05, 4.69) is 0 Å². The number of rotatable bonds is 10. The Morgan fingerprint density at radius 3 is 1.50 bits per heavy atom. The molecule has 102 valence electrons. The summed E-state index contributed by atoms with van der Waals surface area (Å²) in [6.45, 7) is 0.331. The van der Waals surface area contributed by atoms with Crippen LogP contribution < -0.4 is 17.2 Å². The van der Waals surface area contributed by atoms with Gasteiger partial charge in [-0.15, -0.1) is 0 Å². The zero-order chi connectivity index (χ0) is 14.1. The van der Waals surface area contributed by atoms with Crippen LogP contribution in [0, 0.1) is 0 Å². The maximum absolute atomic E-state index is 11.4. The lowest BCUT2D eigenvalue weighted by Gasteiger charge is -2.19. The van der Waals surface area contributed by atoms with Crippen molar-refractivity contribution < 1.29 is 19.2 Å². The van der Waals surface area contributed by atoms with E-state index in [9.17, 15) is 19.2 Å². The van der Waals surface area contributed by atoms with Crippen molar-refractivity contribution in [3.05, 3.63) is 0 Å². The highest BCUT2D eigenvalue weighted by Crippen LogP contribution is 1.94. The van der Waals surface area contributed by atoms with Crippen LogP contribution in [-0.2, 0) is 19.2 Å². The lowest BCUT2D eigenvalue weighted by atomic mass is 10.2. The highest BCUT2D eigenvalue weighted by molar-refractivity contribution is 5.99. The average molecular weight is 258 g/mol. The molecule has 0 rings (SSSR count). The number of hydrogen-bond donors (Lipinski definition) is 3. The Hall–Kier alpha value is -1.80. The van der Waals surface area contributed by atoms with Gasteiger partial charge in [0.1, 0.15) is 0 Å². The van der Waals surface area contributed by atoms with Gasteiger partial charge in [-0.1, -0.05) is 0 Å². The standard InChI is InChI=1S/C10H18N4O4/c11-1-2-14(5-7(15)3-9(12)17)6-8(16)4-10(13)18/h1-6,11H2,(H2,12,17)(H2,13,18). The first-order valence-electron chi connectivity index (χ1n) is 5.37. The van der Waals surface area contributed by atoms with Gasteiger partial charge >= 0.3 is 0 Å². The first-order valence-corrected chi connectivity index (χ1v) is 5.37. The summed E-state index contributed by atoms with van der Waals surface area (Å²) in [5, 5.41) is 0. The molecule has 0 aromatic heterocycles. The molecular formula is C10H18N4O4. The highest BCUT2D eigenvalue weighted by Gasteiger charge is 2.16. The molecule has 0 spiro atoms. The van der Waals surface area contributed by atoms with Crippen LogP contribution in [0.1, 0.15) is 12.8 Å². The Kier molecular flexibility index (Phi) is 7.48. The summed E-state index contributed by atoms with van der Waals surface area (Å²) in [6.07, 6.45) is -0.768. The van der Waals surface area contributed by atoms with E-state index < -0.39 is 23.4 Å². The van der Waals surface area contributed by atoms with Gasteiger partial charge in [0.2, 0.25) is 11.8 Å². The van der Waals surface area contributed by atoms with Gasteiger partial charge in [0.25, 0.3) is 0 Å². The zero-order valence-electron chi connectivity index (χ0n) is 10.1. The number of primary amides is 2. The number of nitrogens with zero attached hydrogens (tertiary/aromatic N) is 1. The van der Waals surface area contributed by atoms with Gasteiger partial charge in [0.15, 0.2) is 11.6 Å². The Bertz CT molecular complexity index is 313. The number of nitrogens with two attached hydrogens (primary N) is 3. The maximum Gasteiger partial charge on any atom is 0.224 e. The largest absolute Gasteiger partial charge is 0.369 e. The molecule has 0 radical (unpaired) electrons. The molecule has 0 bridgehead atoms. The summed E-state index contributed by atoms with van der Waals surface area (Å²) in [7, 11) is 0. The number of Topliss-reactive ketones (excluding diaryl/α,β-unsaturated/α-hetero) is 2. The van der Waals surface area contributed by atoms with Gasteiger partial charge in [0.05, 0.1) is 25.9 Å². The first kappa shape index (κ1) is 16.2. The molecule has 0 heterocycles. The van der Waals surface area contributed by atoms with Crippen LogP contribution >= 0.6 is 0 Å². The lowest BCUT2D eigenvalue weighted by Crippen LogP contribution is -2.39. The van der Waals surface area contributed by atoms with Crippen LogP contribution in [0.3, 0.4) is 0 Å². The first-order chi connectivity index (χ1) is 8.35. The molecule has 8 heteroatoms. The summed E-state index contributed by atoms with van der Waals surface area (Å²) in [5.74, 6) is -2.25. The van der Waals surface area contributed by atoms with Crippen LogP contribution in [0.5, 0.6) is 0 Å². The smallest absolute Gasteiger partial charge is 0.224 e. The van der Waals surface area contributed by atoms with E-state index >= 15 is 0 Å². The molecule has 0 aromatic rings. The molecule has 0 saturated carbocycles. The summed E-state index contributed by atoms with van der Waals surface area (Å²) in [5.41, 5.74) is 15.1. The van der Waals surface area contributed by atoms with E-state index in [-0.39, 0.29) is 32.5 Å². The van der Waals surface area contributed by atoms with Crippen molar-refractivity contribution in [2.24, 2.45) is 17.2 Å². The average Bonchev–Trinajstić information content (AvgIpc) is 2.14. The molecular weight excluding hydrogens is 240 g/mol. The van der Waals surface area contributed by atoms with E-state index in [1.807, 2.05) is 0 Å². The predicted molar refractivity (Wildman–Crippen MR) is 63.1 cm³/mol. The summed E-state index contributed by atoms with van der Waals surface area (Å²) in [6, 6.07) is 0. The SMILES string of the molecule is NCCN(CC(=O)CC(N)=O)CC(=O)CC(N)=O. The molecule has 0 fully saturated rings. The van der Waals surface area contributed by atoms with Gasteiger partial charge in [-0.3, -0.25) is 24.1 Å². The fourth-order valence-corrected chi connectivity index (χ4v) is 1.40. The minimum absolute atomic E-state index is 0.107. The predicted octanol–water partition coefficient (Wildman–Crippen LogP) is -2.86. The Balaban J connectivity index is 4.29. The van der Waals surface area contributed by atoms with E-state index in [1.54, 1.807) is 0 Å². The summed E-state index contributed by atoms with van der Waals surface area (Å²) < 4.78 is 0.